The third kappa shape index (κ3) is 2.34. The maximum absolute atomic E-state index is 10.9. The Kier molecular flexibility index (Phi) is 3.84. The van der Waals surface area contributed by atoms with Crippen molar-refractivity contribution < 1.29 is 4.79 Å². The van der Waals surface area contributed by atoms with Crippen molar-refractivity contribution in [3.63, 3.8) is 0 Å². The number of hydrogen-bond acceptors (Lipinski definition) is 1. The van der Waals surface area contributed by atoms with Crippen molar-refractivity contribution in [1.82, 2.24) is 5.32 Å². The standard InChI is InChI=1S/C16H27NO/c1-11(2)13-7-8-16(4,17-10-18)15-6-5-12(3)9-14(13)15/h9-11,13-15H,5-8H2,1-4H3,(H,17,18)/t13-,14-,15?,16+/m0/s1. The van der Waals surface area contributed by atoms with Gasteiger partial charge in [0.25, 0.3) is 0 Å². The fourth-order valence-electron chi connectivity index (χ4n) is 4.20. The highest BCUT2D eigenvalue weighted by Gasteiger charge is 2.46. The second kappa shape index (κ2) is 5.07. The first-order valence-electron chi connectivity index (χ1n) is 7.36. The summed E-state index contributed by atoms with van der Waals surface area (Å²) in [4.78, 5) is 10.9. The lowest BCUT2D eigenvalue weighted by atomic mass is 9.57. The number of fused-ring (bicyclic) bond motifs is 1. The first-order valence-corrected chi connectivity index (χ1v) is 7.36. The van der Waals surface area contributed by atoms with Crippen LogP contribution >= 0.6 is 0 Å². The minimum atomic E-state index is 0.00894. The van der Waals surface area contributed by atoms with E-state index in [2.05, 4.69) is 39.1 Å². The molecule has 1 unspecified atom stereocenters. The van der Waals surface area contributed by atoms with E-state index in [1.807, 2.05) is 0 Å². The molecule has 1 saturated carbocycles. The molecule has 0 radical (unpaired) electrons. The third-order valence-electron chi connectivity index (χ3n) is 5.35. The average molecular weight is 249 g/mol. The number of hydrogen-bond donors (Lipinski definition) is 1. The van der Waals surface area contributed by atoms with E-state index in [0.29, 0.717) is 11.8 Å². The van der Waals surface area contributed by atoms with Crippen molar-refractivity contribution in [2.75, 3.05) is 0 Å². The summed E-state index contributed by atoms with van der Waals surface area (Å²) in [5.74, 6) is 2.80. The van der Waals surface area contributed by atoms with Crippen LogP contribution in [0.1, 0.15) is 53.4 Å². The van der Waals surface area contributed by atoms with Gasteiger partial charge in [0, 0.05) is 5.54 Å². The van der Waals surface area contributed by atoms with Crippen LogP contribution in [0.3, 0.4) is 0 Å². The van der Waals surface area contributed by atoms with Crippen molar-refractivity contribution in [1.29, 1.82) is 0 Å². The zero-order valence-electron chi connectivity index (χ0n) is 12.2. The van der Waals surface area contributed by atoms with Gasteiger partial charge in [0.05, 0.1) is 0 Å². The lowest BCUT2D eigenvalue weighted by Gasteiger charge is -2.51. The molecule has 4 atom stereocenters. The molecule has 2 rings (SSSR count). The smallest absolute Gasteiger partial charge is 0.207 e. The summed E-state index contributed by atoms with van der Waals surface area (Å²) in [5.41, 5.74) is 1.55. The molecule has 0 aromatic rings. The molecule has 2 aliphatic carbocycles. The molecule has 1 fully saturated rings. The van der Waals surface area contributed by atoms with Crippen LogP contribution < -0.4 is 5.32 Å². The van der Waals surface area contributed by atoms with Gasteiger partial charge >= 0.3 is 0 Å². The summed E-state index contributed by atoms with van der Waals surface area (Å²) >= 11 is 0. The highest BCUT2D eigenvalue weighted by atomic mass is 16.1. The van der Waals surface area contributed by atoms with Gasteiger partial charge in [0.2, 0.25) is 6.41 Å². The Bertz CT molecular complexity index is 347. The quantitative estimate of drug-likeness (QED) is 0.601. The van der Waals surface area contributed by atoms with Crippen LogP contribution in [0.5, 0.6) is 0 Å². The van der Waals surface area contributed by atoms with Crippen molar-refractivity contribution in [3.8, 4) is 0 Å². The van der Waals surface area contributed by atoms with Crippen LogP contribution in [-0.4, -0.2) is 11.9 Å². The molecule has 18 heavy (non-hydrogen) atoms. The van der Waals surface area contributed by atoms with Crippen LogP contribution in [-0.2, 0) is 4.79 Å². The highest BCUT2D eigenvalue weighted by molar-refractivity contribution is 5.48. The van der Waals surface area contributed by atoms with Crippen LogP contribution in [0.25, 0.3) is 0 Å². The van der Waals surface area contributed by atoms with Crippen LogP contribution in [0.15, 0.2) is 11.6 Å². The summed E-state index contributed by atoms with van der Waals surface area (Å²) in [7, 11) is 0. The van der Waals surface area contributed by atoms with Gasteiger partial charge in [-0.05, 0) is 63.2 Å². The Balaban J connectivity index is 2.29. The predicted octanol–water partition coefficient (Wildman–Crippen LogP) is 3.53. The van der Waals surface area contributed by atoms with Gasteiger partial charge in [-0.15, -0.1) is 0 Å². The first-order chi connectivity index (χ1) is 8.48. The third-order valence-corrected chi connectivity index (χ3v) is 5.35. The number of nitrogens with one attached hydrogen (secondary N) is 1. The molecule has 0 aromatic heterocycles. The fraction of sp³-hybridized carbons (Fsp3) is 0.812. The molecule has 0 spiro atoms. The van der Waals surface area contributed by atoms with Crippen LogP contribution in [0.4, 0.5) is 0 Å². The molecule has 1 amide bonds. The Morgan fingerprint density at radius 2 is 2.17 bits per heavy atom. The molecule has 0 aliphatic heterocycles. The van der Waals surface area contributed by atoms with E-state index in [4.69, 9.17) is 0 Å². The first kappa shape index (κ1) is 13.6. The van der Waals surface area contributed by atoms with Gasteiger partial charge in [-0.2, -0.15) is 0 Å². The van der Waals surface area contributed by atoms with E-state index in [-0.39, 0.29) is 5.54 Å². The van der Waals surface area contributed by atoms with E-state index < -0.39 is 0 Å². The molecule has 0 aromatic carbocycles. The van der Waals surface area contributed by atoms with Crippen LogP contribution in [0.2, 0.25) is 0 Å². The van der Waals surface area contributed by atoms with Crippen LogP contribution in [0, 0.1) is 23.7 Å². The Morgan fingerprint density at radius 1 is 1.44 bits per heavy atom. The molecule has 0 heterocycles. The fourth-order valence-corrected chi connectivity index (χ4v) is 4.20. The topological polar surface area (TPSA) is 29.1 Å². The SMILES string of the molecule is CC1=C[C@@H]2C(CC1)[C@](C)(NC=O)CC[C@H]2C(C)C. The number of carbonyl (C=O) groups excluding carboxylic acids is 1. The van der Waals surface area contributed by atoms with Gasteiger partial charge in [-0.3, -0.25) is 4.79 Å². The van der Waals surface area contributed by atoms with E-state index in [1.165, 1.54) is 24.8 Å². The maximum atomic E-state index is 10.9. The van der Waals surface area contributed by atoms with E-state index in [0.717, 1.165) is 24.7 Å². The predicted molar refractivity (Wildman–Crippen MR) is 75.1 cm³/mol. The molecule has 2 heteroatoms. The summed E-state index contributed by atoms with van der Waals surface area (Å²) < 4.78 is 0. The van der Waals surface area contributed by atoms with E-state index in [1.54, 1.807) is 0 Å². The maximum Gasteiger partial charge on any atom is 0.207 e. The zero-order chi connectivity index (χ0) is 13.3. The van der Waals surface area contributed by atoms with Crippen molar-refractivity contribution in [3.05, 3.63) is 11.6 Å². The summed E-state index contributed by atoms with van der Waals surface area (Å²) in [6, 6.07) is 0. The second-order valence-corrected chi connectivity index (χ2v) is 6.86. The summed E-state index contributed by atoms with van der Waals surface area (Å²) in [5, 5.41) is 3.12. The molecule has 2 aliphatic rings. The lowest BCUT2D eigenvalue weighted by molar-refractivity contribution is -0.113. The minimum Gasteiger partial charge on any atom is -0.353 e. The highest BCUT2D eigenvalue weighted by Crippen LogP contribution is 2.49. The van der Waals surface area contributed by atoms with Crippen molar-refractivity contribution in [2.45, 2.75) is 58.9 Å². The monoisotopic (exact) mass is 249 g/mol. The van der Waals surface area contributed by atoms with Gasteiger partial charge in [-0.25, -0.2) is 0 Å². The number of allylic oxidation sites excluding steroid dienone is 2. The van der Waals surface area contributed by atoms with Gasteiger partial charge < -0.3 is 5.32 Å². The van der Waals surface area contributed by atoms with Crippen molar-refractivity contribution >= 4 is 6.41 Å². The Labute approximate surface area is 111 Å². The molecular weight excluding hydrogens is 222 g/mol. The average Bonchev–Trinajstić information content (AvgIpc) is 2.28. The number of rotatable bonds is 3. The summed E-state index contributed by atoms with van der Waals surface area (Å²) in [6.07, 6.45) is 8.19. The zero-order valence-corrected chi connectivity index (χ0v) is 12.2. The van der Waals surface area contributed by atoms with E-state index in [9.17, 15) is 4.79 Å². The lowest BCUT2D eigenvalue weighted by Crippen LogP contribution is -2.56. The molecule has 0 bridgehead atoms. The van der Waals surface area contributed by atoms with Gasteiger partial charge in [0.15, 0.2) is 0 Å². The largest absolute Gasteiger partial charge is 0.353 e. The van der Waals surface area contributed by atoms with Gasteiger partial charge in [-0.1, -0.05) is 25.5 Å². The molecule has 0 saturated heterocycles. The van der Waals surface area contributed by atoms with Crippen molar-refractivity contribution in [2.24, 2.45) is 23.7 Å². The minimum absolute atomic E-state index is 0.00894. The number of amides is 1. The number of carbonyl (C=O) groups is 1. The summed E-state index contributed by atoms with van der Waals surface area (Å²) in [6.45, 7) is 9.18. The molecule has 102 valence electrons. The molecular formula is C16H27NO. The van der Waals surface area contributed by atoms with E-state index >= 15 is 0 Å². The normalized spacial score (nSPS) is 40.1. The molecule has 2 nitrogen and oxygen atoms in total. The second-order valence-electron chi connectivity index (χ2n) is 6.86. The Morgan fingerprint density at radius 3 is 2.78 bits per heavy atom. The molecule has 1 N–H and O–H groups in total. The Hall–Kier alpha value is -0.790. The van der Waals surface area contributed by atoms with Gasteiger partial charge in [0.1, 0.15) is 0 Å².